The summed E-state index contributed by atoms with van der Waals surface area (Å²) in [6.07, 6.45) is 9.48. The zero-order valence-corrected chi connectivity index (χ0v) is 19.2. The van der Waals surface area contributed by atoms with Crippen molar-refractivity contribution in [2.45, 2.75) is 83.7 Å². The van der Waals surface area contributed by atoms with Crippen molar-refractivity contribution in [3.63, 3.8) is 0 Å². The van der Waals surface area contributed by atoms with Gasteiger partial charge in [-0.1, -0.05) is 6.07 Å². The van der Waals surface area contributed by atoms with Gasteiger partial charge in [0.1, 0.15) is 5.60 Å². The molecule has 2 fully saturated rings. The standard InChI is InChI=1S/C25H39N3O2/c1-25(2,3)30-24(29)28-16-10-19(11-17-28)18-27-14-12-21(13-15-27)23-9-8-20-6-4-5-7-22(20)26-23/h8-9,19,21H,4-7,10-18H2,1-3H3. The summed E-state index contributed by atoms with van der Waals surface area (Å²) in [4.78, 5) is 21.8. The summed E-state index contributed by atoms with van der Waals surface area (Å²) < 4.78 is 5.52. The molecule has 1 amide bonds. The molecule has 0 saturated carbocycles. The summed E-state index contributed by atoms with van der Waals surface area (Å²) in [5.41, 5.74) is 3.78. The van der Waals surface area contributed by atoms with Crippen LogP contribution in [-0.4, -0.2) is 59.2 Å². The molecule has 2 saturated heterocycles. The third-order valence-corrected chi connectivity index (χ3v) is 6.99. The van der Waals surface area contributed by atoms with E-state index in [1.807, 2.05) is 25.7 Å². The van der Waals surface area contributed by atoms with Crippen molar-refractivity contribution in [2.75, 3.05) is 32.7 Å². The van der Waals surface area contributed by atoms with E-state index in [-0.39, 0.29) is 6.09 Å². The molecule has 5 nitrogen and oxygen atoms in total. The molecule has 1 aliphatic carbocycles. The Bertz CT molecular complexity index is 726. The molecule has 3 heterocycles. The van der Waals surface area contributed by atoms with E-state index in [1.54, 1.807) is 0 Å². The zero-order chi connectivity index (χ0) is 21.1. The van der Waals surface area contributed by atoms with Crippen molar-refractivity contribution in [3.05, 3.63) is 29.1 Å². The summed E-state index contributed by atoms with van der Waals surface area (Å²) in [5.74, 6) is 1.32. The number of hydrogen-bond donors (Lipinski definition) is 0. The minimum atomic E-state index is -0.412. The molecule has 0 bridgehead atoms. The average molecular weight is 414 g/mol. The van der Waals surface area contributed by atoms with Gasteiger partial charge in [0.2, 0.25) is 0 Å². The third-order valence-electron chi connectivity index (χ3n) is 6.99. The van der Waals surface area contributed by atoms with Crippen molar-refractivity contribution in [1.29, 1.82) is 0 Å². The molecular weight excluding hydrogens is 374 g/mol. The van der Waals surface area contributed by atoms with E-state index < -0.39 is 5.60 Å². The Morgan fingerprint density at radius 3 is 2.43 bits per heavy atom. The second-order valence-corrected chi connectivity index (χ2v) is 10.5. The Balaban J connectivity index is 1.21. The number of aromatic nitrogens is 1. The number of carbonyl (C=O) groups is 1. The van der Waals surface area contributed by atoms with E-state index in [2.05, 4.69) is 17.0 Å². The monoisotopic (exact) mass is 413 g/mol. The predicted octanol–water partition coefficient (Wildman–Crippen LogP) is 4.79. The summed E-state index contributed by atoms with van der Waals surface area (Å²) in [6.45, 7) is 11.0. The maximum absolute atomic E-state index is 12.3. The minimum Gasteiger partial charge on any atom is -0.444 e. The maximum Gasteiger partial charge on any atom is 0.410 e. The number of hydrogen-bond acceptors (Lipinski definition) is 4. The smallest absolute Gasteiger partial charge is 0.410 e. The molecule has 0 N–H and O–H groups in total. The van der Waals surface area contributed by atoms with Gasteiger partial charge in [-0.25, -0.2) is 4.79 Å². The van der Waals surface area contributed by atoms with Gasteiger partial charge in [-0.2, -0.15) is 0 Å². The Hall–Kier alpha value is -1.62. The first-order valence-electron chi connectivity index (χ1n) is 12.1. The van der Waals surface area contributed by atoms with Crippen LogP contribution in [0.25, 0.3) is 0 Å². The molecule has 1 aromatic heterocycles. The average Bonchev–Trinajstić information content (AvgIpc) is 2.73. The van der Waals surface area contributed by atoms with Gasteiger partial charge in [0.05, 0.1) is 0 Å². The van der Waals surface area contributed by atoms with E-state index >= 15 is 0 Å². The van der Waals surface area contributed by atoms with Crippen molar-refractivity contribution in [3.8, 4) is 0 Å². The zero-order valence-electron chi connectivity index (χ0n) is 19.2. The van der Waals surface area contributed by atoms with Crippen molar-refractivity contribution in [2.24, 2.45) is 5.92 Å². The molecule has 1 aromatic rings. The van der Waals surface area contributed by atoms with Crippen LogP contribution in [0.4, 0.5) is 4.79 Å². The Labute approximate surface area is 182 Å². The predicted molar refractivity (Wildman–Crippen MR) is 120 cm³/mol. The van der Waals surface area contributed by atoms with Crippen molar-refractivity contribution in [1.82, 2.24) is 14.8 Å². The third kappa shape index (κ3) is 5.54. The largest absolute Gasteiger partial charge is 0.444 e. The van der Waals surface area contributed by atoms with E-state index in [0.29, 0.717) is 11.8 Å². The first kappa shape index (κ1) is 21.6. The molecule has 166 valence electrons. The van der Waals surface area contributed by atoms with Gasteiger partial charge in [0, 0.05) is 36.9 Å². The summed E-state index contributed by atoms with van der Waals surface area (Å²) in [7, 11) is 0. The van der Waals surface area contributed by atoms with Gasteiger partial charge in [0.25, 0.3) is 0 Å². The number of piperidine rings is 2. The number of ether oxygens (including phenoxy) is 1. The molecule has 0 radical (unpaired) electrons. The van der Waals surface area contributed by atoms with Gasteiger partial charge >= 0.3 is 6.09 Å². The van der Waals surface area contributed by atoms with E-state index in [9.17, 15) is 4.79 Å². The van der Waals surface area contributed by atoms with Crippen LogP contribution in [0.1, 0.15) is 82.2 Å². The van der Waals surface area contributed by atoms with Crippen LogP contribution in [0, 0.1) is 5.92 Å². The van der Waals surface area contributed by atoms with Gasteiger partial charge in [-0.05, 0) is 103 Å². The van der Waals surface area contributed by atoms with E-state index in [0.717, 1.165) is 25.9 Å². The lowest BCUT2D eigenvalue weighted by atomic mass is 9.89. The molecular formula is C25H39N3O2. The van der Waals surface area contributed by atoms with Crippen LogP contribution in [-0.2, 0) is 17.6 Å². The highest BCUT2D eigenvalue weighted by atomic mass is 16.6. The highest BCUT2D eigenvalue weighted by Crippen LogP contribution is 2.30. The van der Waals surface area contributed by atoms with E-state index in [1.165, 1.54) is 75.1 Å². The van der Waals surface area contributed by atoms with Gasteiger partial charge < -0.3 is 14.5 Å². The van der Waals surface area contributed by atoms with Crippen LogP contribution in [0.5, 0.6) is 0 Å². The number of carbonyl (C=O) groups excluding carboxylic acids is 1. The van der Waals surface area contributed by atoms with Crippen LogP contribution < -0.4 is 0 Å². The maximum atomic E-state index is 12.3. The number of likely N-dealkylation sites (tertiary alicyclic amines) is 2. The van der Waals surface area contributed by atoms with E-state index in [4.69, 9.17) is 9.72 Å². The SMILES string of the molecule is CC(C)(C)OC(=O)N1CCC(CN2CCC(c3ccc4c(n3)CCCC4)CC2)CC1. The highest BCUT2D eigenvalue weighted by Gasteiger charge is 2.29. The molecule has 4 rings (SSSR count). The first-order valence-corrected chi connectivity index (χ1v) is 12.1. The first-order chi connectivity index (χ1) is 14.4. The molecule has 0 atom stereocenters. The summed E-state index contributed by atoms with van der Waals surface area (Å²) in [5, 5.41) is 0. The second kappa shape index (κ2) is 9.25. The summed E-state index contributed by atoms with van der Waals surface area (Å²) in [6, 6.07) is 4.65. The fourth-order valence-corrected chi connectivity index (χ4v) is 5.23. The molecule has 0 aromatic carbocycles. The van der Waals surface area contributed by atoms with Gasteiger partial charge in [-0.15, -0.1) is 0 Å². The van der Waals surface area contributed by atoms with Crippen LogP contribution in [0.15, 0.2) is 12.1 Å². The number of rotatable bonds is 3. The quantitative estimate of drug-likeness (QED) is 0.715. The molecule has 30 heavy (non-hydrogen) atoms. The number of amides is 1. The summed E-state index contributed by atoms with van der Waals surface area (Å²) >= 11 is 0. The number of nitrogens with zero attached hydrogens (tertiary/aromatic N) is 3. The molecule has 3 aliphatic rings. The number of pyridine rings is 1. The number of aryl methyl sites for hydroxylation is 2. The molecule has 5 heteroatoms. The number of fused-ring (bicyclic) bond motifs is 1. The van der Waals surface area contributed by atoms with Gasteiger partial charge in [0.15, 0.2) is 0 Å². The van der Waals surface area contributed by atoms with Crippen molar-refractivity contribution >= 4 is 6.09 Å². The van der Waals surface area contributed by atoms with Crippen LogP contribution >= 0.6 is 0 Å². The second-order valence-electron chi connectivity index (χ2n) is 10.5. The van der Waals surface area contributed by atoms with Crippen LogP contribution in [0.3, 0.4) is 0 Å². The molecule has 0 spiro atoms. The fraction of sp³-hybridized carbons (Fsp3) is 0.760. The molecule has 2 aliphatic heterocycles. The fourth-order valence-electron chi connectivity index (χ4n) is 5.23. The lowest BCUT2D eigenvalue weighted by Gasteiger charge is -2.38. The minimum absolute atomic E-state index is 0.153. The topological polar surface area (TPSA) is 45.7 Å². The Morgan fingerprint density at radius 1 is 1.03 bits per heavy atom. The van der Waals surface area contributed by atoms with Crippen molar-refractivity contribution < 1.29 is 9.53 Å². The molecule has 0 unspecified atom stereocenters. The lowest BCUT2D eigenvalue weighted by Crippen LogP contribution is -2.44. The Kier molecular flexibility index (Phi) is 6.66. The normalized spacial score (nSPS) is 22.0. The Morgan fingerprint density at radius 2 is 1.73 bits per heavy atom. The lowest BCUT2D eigenvalue weighted by molar-refractivity contribution is 0.0166. The van der Waals surface area contributed by atoms with Gasteiger partial charge in [-0.3, -0.25) is 4.98 Å². The highest BCUT2D eigenvalue weighted by molar-refractivity contribution is 5.68. The van der Waals surface area contributed by atoms with Crippen LogP contribution in [0.2, 0.25) is 0 Å².